The van der Waals surface area contributed by atoms with Gasteiger partial charge in [-0.2, -0.15) is 0 Å². The van der Waals surface area contributed by atoms with Gasteiger partial charge < -0.3 is 9.47 Å². The van der Waals surface area contributed by atoms with Crippen molar-refractivity contribution in [3.8, 4) is 5.75 Å². The van der Waals surface area contributed by atoms with Crippen LogP contribution in [-0.2, 0) is 24.0 Å². The molecule has 29 heavy (non-hydrogen) atoms. The third-order valence-electron chi connectivity index (χ3n) is 6.11. The zero-order valence-corrected chi connectivity index (χ0v) is 16.8. The highest BCUT2D eigenvalue weighted by Crippen LogP contribution is 2.37. The molecule has 2 aliphatic rings. The predicted octanol–water partition coefficient (Wildman–Crippen LogP) is 3.66. The highest BCUT2D eigenvalue weighted by molar-refractivity contribution is 5.49. The summed E-state index contributed by atoms with van der Waals surface area (Å²) < 4.78 is 27.9. The molecule has 0 bridgehead atoms. The maximum atomic E-state index is 14.5. The molecule has 6 nitrogen and oxygen atoms in total. The lowest BCUT2D eigenvalue weighted by molar-refractivity contribution is -0.0592. The summed E-state index contributed by atoms with van der Waals surface area (Å²) in [6, 6.07) is 3.22. The van der Waals surface area contributed by atoms with Crippen molar-refractivity contribution in [2.45, 2.75) is 57.5 Å². The second-order valence-electron chi connectivity index (χ2n) is 8.55. The van der Waals surface area contributed by atoms with Crippen LogP contribution in [0.4, 0.5) is 4.39 Å². The SMILES string of the molecule is CC1(C)CC(c2cnc(CCc3c(F)ccc4c3CCO4)n3cnnc23)CCO1. The number of aryl methyl sites for hydroxylation is 1. The average Bonchev–Trinajstić information content (AvgIpc) is 3.36. The smallest absolute Gasteiger partial charge is 0.167 e. The van der Waals surface area contributed by atoms with Gasteiger partial charge in [0, 0.05) is 36.8 Å². The summed E-state index contributed by atoms with van der Waals surface area (Å²) in [6.07, 6.45) is 7.47. The van der Waals surface area contributed by atoms with Gasteiger partial charge in [-0.1, -0.05) is 0 Å². The second kappa shape index (κ2) is 7.06. The molecule has 1 unspecified atom stereocenters. The third-order valence-corrected chi connectivity index (χ3v) is 6.11. The number of hydrogen-bond donors (Lipinski definition) is 0. The number of benzene rings is 1. The lowest BCUT2D eigenvalue weighted by Gasteiger charge is -2.35. The zero-order valence-electron chi connectivity index (χ0n) is 16.8. The average molecular weight is 396 g/mol. The van der Waals surface area contributed by atoms with Crippen LogP contribution in [0.2, 0.25) is 0 Å². The van der Waals surface area contributed by atoms with E-state index in [1.54, 1.807) is 12.4 Å². The van der Waals surface area contributed by atoms with Crippen molar-refractivity contribution in [1.82, 2.24) is 19.6 Å². The molecule has 152 valence electrons. The molecule has 1 saturated heterocycles. The number of nitrogens with zero attached hydrogens (tertiary/aromatic N) is 4. The van der Waals surface area contributed by atoms with Gasteiger partial charge in [-0.15, -0.1) is 10.2 Å². The van der Waals surface area contributed by atoms with Crippen LogP contribution in [0.3, 0.4) is 0 Å². The van der Waals surface area contributed by atoms with Gasteiger partial charge in [0.15, 0.2) is 5.65 Å². The molecule has 0 spiro atoms. The summed E-state index contributed by atoms with van der Waals surface area (Å²) in [5, 5.41) is 8.50. The Bertz CT molecular complexity index is 1060. The minimum absolute atomic E-state index is 0.147. The van der Waals surface area contributed by atoms with Crippen LogP contribution in [0, 0.1) is 5.82 Å². The van der Waals surface area contributed by atoms with E-state index in [4.69, 9.17) is 14.5 Å². The van der Waals surface area contributed by atoms with Gasteiger partial charge in [0.1, 0.15) is 23.7 Å². The van der Waals surface area contributed by atoms with Crippen LogP contribution in [0.25, 0.3) is 5.65 Å². The van der Waals surface area contributed by atoms with Crippen molar-refractivity contribution in [2.24, 2.45) is 0 Å². The van der Waals surface area contributed by atoms with Gasteiger partial charge in [-0.05, 0) is 56.7 Å². The van der Waals surface area contributed by atoms with Gasteiger partial charge in [0.25, 0.3) is 0 Å². The Morgan fingerprint density at radius 1 is 1.24 bits per heavy atom. The van der Waals surface area contributed by atoms with E-state index in [2.05, 4.69) is 24.0 Å². The van der Waals surface area contributed by atoms with Crippen molar-refractivity contribution in [2.75, 3.05) is 13.2 Å². The zero-order chi connectivity index (χ0) is 20.0. The second-order valence-corrected chi connectivity index (χ2v) is 8.55. The van der Waals surface area contributed by atoms with Crippen LogP contribution in [-0.4, -0.2) is 38.4 Å². The predicted molar refractivity (Wildman–Crippen MR) is 106 cm³/mol. The van der Waals surface area contributed by atoms with Crippen LogP contribution < -0.4 is 4.74 Å². The van der Waals surface area contributed by atoms with E-state index in [1.807, 2.05) is 10.6 Å². The number of halogens is 1. The highest BCUT2D eigenvalue weighted by Gasteiger charge is 2.31. The summed E-state index contributed by atoms with van der Waals surface area (Å²) in [6.45, 7) is 5.60. The molecular formula is C22H25FN4O2. The first-order valence-electron chi connectivity index (χ1n) is 10.3. The normalized spacial score (nSPS) is 20.6. The Labute approximate surface area is 169 Å². The Morgan fingerprint density at radius 2 is 2.14 bits per heavy atom. The Hall–Kier alpha value is -2.54. The van der Waals surface area contributed by atoms with E-state index in [0.29, 0.717) is 25.4 Å². The van der Waals surface area contributed by atoms with E-state index in [9.17, 15) is 4.39 Å². The number of rotatable bonds is 4. The molecule has 0 amide bonds. The molecular weight excluding hydrogens is 371 g/mol. The molecule has 5 rings (SSSR count). The van der Waals surface area contributed by atoms with E-state index >= 15 is 0 Å². The van der Waals surface area contributed by atoms with Crippen molar-refractivity contribution >= 4 is 5.65 Å². The van der Waals surface area contributed by atoms with Gasteiger partial charge in [-0.25, -0.2) is 9.37 Å². The molecule has 0 saturated carbocycles. The standard InChI is InChI=1S/C22H25FN4O2/c1-22(2)11-14(7-10-29-22)17-12-24-20(27-13-25-26-21(17)27)6-3-15-16-8-9-28-19(16)5-4-18(15)23/h4-5,12-14H,3,6-11H2,1-2H3. The van der Waals surface area contributed by atoms with Gasteiger partial charge in [-0.3, -0.25) is 4.40 Å². The minimum atomic E-state index is -0.171. The molecule has 0 N–H and O–H groups in total. The molecule has 2 aliphatic heterocycles. The number of hydrogen-bond acceptors (Lipinski definition) is 5. The number of ether oxygens (including phenoxy) is 2. The van der Waals surface area contributed by atoms with Gasteiger partial charge >= 0.3 is 0 Å². The number of aromatic nitrogens is 4. The minimum Gasteiger partial charge on any atom is -0.493 e. The van der Waals surface area contributed by atoms with Gasteiger partial charge in [0.2, 0.25) is 0 Å². The van der Waals surface area contributed by atoms with Crippen LogP contribution in [0.1, 0.15) is 55.1 Å². The fourth-order valence-corrected chi connectivity index (χ4v) is 4.68. The molecule has 4 heterocycles. The largest absolute Gasteiger partial charge is 0.493 e. The quantitative estimate of drug-likeness (QED) is 0.674. The van der Waals surface area contributed by atoms with E-state index in [0.717, 1.165) is 59.8 Å². The molecule has 2 aromatic heterocycles. The summed E-state index contributed by atoms with van der Waals surface area (Å²) in [7, 11) is 0. The third kappa shape index (κ3) is 3.37. The first kappa shape index (κ1) is 18.5. The molecule has 1 atom stereocenters. The first-order chi connectivity index (χ1) is 14.0. The number of fused-ring (bicyclic) bond motifs is 2. The summed E-state index contributed by atoms with van der Waals surface area (Å²) >= 11 is 0. The first-order valence-corrected chi connectivity index (χ1v) is 10.3. The van der Waals surface area contributed by atoms with E-state index < -0.39 is 0 Å². The van der Waals surface area contributed by atoms with Crippen LogP contribution in [0.15, 0.2) is 24.7 Å². The maximum absolute atomic E-state index is 14.5. The molecule has 0 radical (unpaired) electrons. The molecule has 3 aromatic rings. The van der Waals surface area contributed by atoms with Crippen molar-refractivity contribution in [1.29, 1.82) is 0 Å². The summed E-state index contributed by atoms with van der Waals surface area (Å²) in [5.41, 5.74) is 3.54. The molecule has 0 aliphatic carbocycles. The van der Waals surface area contributed by atoms with Gasteiger partial charge in [0.05, 0.1) is 12.2 Å². The van der Waals surface area contributed by atoms with Crippen LogP contribution in [0.5, 0.6) is 5.75 Å². The van der Waals surface area contributed by atoms with Crippen LogP contribution >= 0.6 is 0 Å². The maximum Gasteiger partial charge on any atom is 0.167 e. The Morgan fingerprint density at radius 3 is 3.00 bits per heavy atom. The molecule has 7 heteroatoms. The fourth-order valence-electron chi connectivity index (χ4n) is 4.68. The topological polar surface area (TPSA) is 61.5 Å². The van der Waals surface area contributed by atoms with E-state index in [1.165, 1.54) is 6.07 Å². The Balaban J connectivity index is 1.43. The monoisotopic (exact) mass is 396 g/mol. The van der Waals surface area contributed by atoms with Crippen molar-refractivity contribution in [3.05, 3.63) is 53.0 Å². The highest BCUT2D eigenvalue weighted by atomic mass is 19.1. The molecule has 1 fully saturated rings. The van der Waals surface area contributed by atoms with E-state index in [-0.39, 0.29) is 11.4 Å². The van der Waals surface area contributed by atoms with Crippen molar-refractivity contribution in [3.63, 3.8) is 0 Å². The molecule has 1 aromatic carbocycles. The van der Waals surface area contributed by atoms with Crippen molar-refractivity contribution < 1.29 is 13.9 Å². The summed E-state index contributed by atoms with van der Waals surface area (Å²) in [5.74, 6) is 1.83. The Kier molecular flexibility index (Phi) is 4.50. The fraction of sp³-hybridized carbons (Fsp3) is 0.500. The lowest BCUT2D eigenvalue weighted by Crippen LogP contribution is -2.33. The summed E-state index contributed by atoms with van der Waals surface area (Å²) in [4.78, 5) is 4.73. The lowest BCUT2D eigenvalue weighted by atomic mass is 9.84.